The molecule has 8 heteroatoms. The van der Waals surface area contributed by atoms with Crippen molar-refractivity contribution in [3.05, 3.63) is 72.0 Å². The van der Waals surface area contributed by atoms with Gasteiger partial charge >= 0.3 is 5.97 Å². The molecule has 7 nitrogen and oxygen atoms in total. The summed E-state index contributed by atoms with van der Waals surface area (Å²) in [4.78, 5) is 37.3. The monoisotopic (exact) mass is 410 g/mol. The summed E-state index contributed by atoms with van der Waals surface area (Å²) < 4.78 is 18.3. The second-order valence-electron chi connectivity index (χ2n) is 6.53. The number of hydrogen-bond acceptors (Lipinski definition) is 5. The number of primary amides is 1. The molecule has 0 bridgehead atoms. The molecule has 0 aliphatic rings. The Labute approximate surface area is 171 Å². The molecule has 3 rings (SSSR count). The molecule has 2 amide bonds. The fourth-order valence-electron chi connectivity index (χ4n) is 2.92. The molecule has 154 valence electrons. The van der Waals surface area contributed by atoms with Crippen molar-refractivity contribution in [3.63, 3.8) is 0 Å². The summed E-state index contributed by atoms with van der Waals surface area (Å²) in [6, 6.07) is 15.1. The number of halogens is 1. The maximum absolute atomic E-state index is 13.2. The Bertz CT molecular complexity index is 1100. The van der Waals surface area contributed by atoms with Crippen LogP contribution < -0.4 is 10.6 Å². The molecule has 0 heterocycles. The van der Waals surface area contributed by atoms with E-state index in [4.69, 9.17) is 10.5 Å². The van der Waals surface area contributed by atoms with Gasteiger partial charge < -0.3 is 20.5 Å². The largest absolute Gasteiger partial charge is 0.507 e. The van der Waals surface area contributed by atoms with E-state index in [1.54, 1.807) is 24.3 Å². The van der Waals surface area contributed by atoms with Crippen LogP contribution in [0.2, 0.25) is 0 Å². The van der Waals surface area contributed by atoms with Crippen molar-refractivity contribution >= 4 is 34.2 Å². The van der Waals surface area contributed by atoms with E-state index in [-0.39, 0.29) is 24.3 Å². The lowest BCUT2D eigenvalue weighted by atomic mass is 10.1. The van der Waals surface area contributed by atoms with Crippen LogP contribution in [0.4, 0.5) is 10.1 Å². The van der Waals surface area contributed by atoms with Crippen LogP contribution in [0.3, 0.4) is 0 Å². The van der Waals surface area contributed by atoms with Gasteiger partial charge in [0.25, 0.3) is 5.91 Å². The van der Waals surface area contributed by atoms with Gasteiger partial charge in [0.05, 0.1) is 0 Å². The standard InChI is InChI=1S/C22H19FN2O5/c23-16-5-7-17(8-6-16)25(10-9-20(24)27)21(28)13-30-22(29)18-11-14-3-1-2-4-15(14)12-19(18)26/h1-8,11-12,26H,9-10,13H2,(H2,24,27). The van der Waals surface area contributed by atoms with Crippen molar-refractivity contribution in [1.29, 1.82) is 0 Å². The van der Waals surface area contributed by atoms with Gasteiger partial charge in [-0.05, 0) is 47.2 Å². The molecule has 3 aromatic rings. The summed E-state index contributed by atoms with van der Waals surface area (Å²) in [5, 5.41) is 11.6. The maximum Gasteiger partial charge on any atom is 0.342 e. The zero-order valence-electron chi connectivity index (χ0n) is 15.9. The van der Waals surface area contributed by atoms with Gasteiger partial charge in [0.1, 0.15) is 17.1 Å². The third-order valence-corrected chi connectivity index (χ3v) is 4.43. The minimum Gasteiger partial charge on any atom is -0.507 e. The summed E-state index contributed by atoms with van der Waals surface area (Å²) in [5.74, 6) is -2.88. The van der Waals surface area contributed by atoms with Crippen LogP contribution in [-0.2, 0) is 14.3 Å². The van der Waals surface area contributed by atoms with Crippen molar-refractivity contribution in [2.45, 2.75) is 6.42 Å². The molecule has 30 heavy (non-hydrogen) atoms. The molecule has 0 fully saturated rings. The minimum atomic E-state index is -0.874. The molecule has 0 atom stereocenters. The lowest BCUT2D eigenvalue weighted by Crippen LogP contribution is -2.37. The van der Waals surface area contributed by atoms with Crippen molar-refractivity contribution in [1.82, 2.24) is 0 Å². The van der Waals surface area contributed by atoms with Crippen LogP contribution in [0, 0.1) is 5.82 Å². The van der Waals surface area contributed by atoms with E-state index in [0.29, 0.717) is 5.69 Å². The number of rotatable bonds is 7. The Morgan fingerprint density at radius 3 is 2.27 bits per heavy atom. The number of hydrogen-bond donors (Lipinski definition) is 2. The van der Waals surface area contributed by atoms with Crippen LogP contribution in [0.5, 0.6) is 5.75 Å². The fraction of sp³-hybridized carbons (Fsp3) is 0.136. The number of esters is 1. The highest BCUT2D eigenvalue weighted by Gasteiger charge is 2.20. The normalized spacial score (nSPS) is 10.6. The molecular formula is C22H19FN2O5. The topological polar surface area (TPSA) is 110 Å². The second kappa shape index (κ2) is 9.04. The predicted molar refractivity (Wildman–Crippen MR) is 108 cm³/mol. The lowest BCUT2D eigenvalue weighted by Gasteiger charge is -2.22. The molecule has 0 unspecified atom stereocenters. The number of ether oxygens (including phenoxy) is 1. The number of nitrogens with two attached hydrogens (primary N) is 1. The number of amides is 2. The van der Waals surface area contributed by atoms with E-state index in [1.807, 2.05) is 0 Å². The Kier molecular flexibility index (Phi) is 6.26. The first-order valence-electron chi connectivity index (χ1n) is 9.08. The highest BCUT2D eigenvalue weighted by molar-refractivity contribution is 6.01. The van der Waals surface area contributed by atoms with Crippen molar-refractivity contribution in [3.8, 4) is 5.75 Å². The zero-order valence-corrected chi connectivity index (χ0v) is 15.9. The van der Waals surface area contributed by atoms with Gasteiger partial charge in [0.2, 0.25) is 5.91 Å². The lowest BCUT2D eigenvalue weighted by molar-refractivity contribution is -0.121. The number of carbonyl (C=O) groups is 3. The molecule has 0 aliphatic heterocycles. The van der Waals surface area contributed by atoms with E-state index < -0.39 is 30.2 Å². The third kappa shape index (κ3) is 4.91. The first kappa shape index (κ1) is 20.8. The van der Waals surface area contributed by atoms with Crippen molar-refractivity contribution in [2.75, 3.05) is 18.1 Å². The Morgan fingerprint density at radius 1 is 1.00 bits per heavy atom. The average molecular weight is 410 g/mol. The number of phenolic OH excluding ortho intramolecular Hbond substituents is 1. The van der Waals surface area contributed by atoms with Gasteiger partial charge in [-0.25, -0.2) is 9.18 Å². The van der Waals surface area contributed by atoms with E-state index in [0.717, 1.165) is 10.8 Å². The van der Waals surface area contributed by atoms with E-state index in [2.05, 4.69) is 0 Å². The van der Waals surface area contributed by atoms with Gasteiger partial charge in [-0.3, -0.25) is 9.59 Å². The number of benzene rings is 3. The molecule has 0 saturated carbocycles. The predicted octanol–water partition coefficient (Wildman–Crippen LogP) is 2.75. The highest BCUT2D eigenvalue weighted by atomic mass is 19.1. The van der Waals surface area contributed by atoms with Crippen LogP contribution in [0.25, 0.3) is 10.8 Å². The second-order valence-corrected chi connectivity index (χ2v) is 6.53. The Hall–Kier alpha value is -3.94. The number of carbonyl (C=O) groups excluding carboxylic acids is 3. The first-order valence-corrected chi connectivity index (χ1v) is 9.08. The van der Waals surface area contributed by atoms with Crippen LogP contribution >= 0.6 is 0 Å². The minimum absolute atomic E-state index is 0.0570. The van der Waals surface area contributed by atoms with E-state index >= 15 is 0 Å². The van der Waals surface area contributed by atoms with Gasteiger partial charge in [0, 0.05) is 18.7 Å². The average Bonchev–Trinajstić information content (AvgIpc) is 2.72. The molecular weight excluding hydrogens is 391 g/mol. The third-order valence-electron chi connectivity index (χ3n) is 4.43. The Morgan fingerprint density at radius 2 is 1.63 bits per heavy atom. The molecule has 0 aromatic heterocycles. The number of anilines is 1. The number of phenols is 1. The van der Waals surface area contributed by atoms with Gasteiger partial charge in [-0.2, -0.15) is 0 Å². The summed E-state index contributed by atoms with van der Waals surface area (Å²) in [6.07, 6.45) is -0.122. The SMILES string of the molecule is NC(=O)CCN(C(=O)COC(=O)c1cc2ccccc2cc1O)c1ccc(F)cc1. The summed E-state index contributed by atoms with van der Waals surface area (Å²) in [6.45, 7) is -0.695. The van der Waals surface area contributed by atoms with Crippen LogP contribution in [0.1, 0.15) is 16.8 Å². The summed E-state index contributed by atoms with van der Waals surface area (Å²) in [5.41, 5.74) is 5.40. The highest BCUT2D eigenvalue weighted by Crippen LogP contribution is 2.25. The molecule has 3 N–H and O–H groups in total. The molecule has 0 spiro atoms. The number of nitrogens with zero attached hydrogens (tertiary/aromatic N) is 1. The summed E-state index contributed by atoms with van der Waals surface area (Å²) >= 11 is 0. The number of aromatic hydroxyl groups is 1. The fourth-order valence-corrected chi connectivity index (χ4v) is 2.92. The number of fused-ring (bicyclic) bond motifs is 1. The molecule has 0 saturated heterocycles. The van der Waals surface area contributed by atoms with Gasteiger partial charge in [-0.1, -0.05) is 24.3 Å². The molecule has 0 aliphatic carbocycles. The van der Waals surface area contributed by atoms with E-state index in [1.165, 1.54) is 41.3 Å². The zero-order chi connectivity index (χ0) is 21.7. The van der Waals surface area contributed by atoms with Gasteiger partial charge in [-0.15, -0.1) is 0 Å². The molecule has 0 radical (unpaired) electrons. The molecule has 3 aromatic carbocycles. The van der Waals surface area contributed by atoms with Gasteiger partial charge in [0.15, 0.2) is 6.61 Å². The smallest absolute Gasteiger partial charge is 0.342 e. The first-order chi connectivity index (χ1) is 14.3. The van der Waals surface area contributed by atoms with Crippen LogP contribution in [0.15, 0.2) is 60.7 Å². The van der Waals surface area contributed by atoms with Crippen molar-refractivity contribution < 1.29 is 28.6 Å². The van der Waals surface area contributed by atoms with Crippen LogP contribution in [-0.4, -0.2) is 36.0 Å². The van der Waals surface area contributed by atoms with Crippen molar-refractivity contribution in [2.24, 2.45) is 5.73 Å². The summed E-state index contributed by atoms with van der Waals surface area (Å²) in [7, 11) is 0. The maximum atomic E-state index is 13.2. The Balaban J connectivity index is 1.74. The quantitative estimate of drug-likeness (QED) is 0.582. The van der Waals surface area contributed by atoms with E-state index in [9.17, 15) is 23.9 Å².